The molecule has 1 aromatic rings. The number of carboxylic acid groups (broad SMARTS) is 1. The lowest BCUT2D eigenvalue weighted by atomic mass is 10.6. The van der Waals surface area contributed by atoms with E-state index in [1.54, 1.807) is 0 Å². The van der Waals surface area contributed by atoms with Gasteiger partial charge in [-0.15, -0.1) is 0 Å². The number of halogens is 1. The van der Waals surface area contributed by atoms with Gasteiger partial charge in [0, 0.05) is 12.4 Å². The molecular formula is C6H5BrN2O3. The van der Waals surface area contributed by atoms with E-state index >= 15 is 0 Å². The molecule has 0 atom stereocenters. The Hall–Kier alpha value is -1.17. The van der Waals surface area contributed by atoms with Gasteiger partial charge in [-0.25, -0.2) is 4.98 Å². The summed E-state index contributed by atoms with van der Waals surface area (Å²) in [5.74, 6) is -1.06. The van der Waals surface area contributed by atoms with E-state index in [0.717, 1.165) is 4.57 Å². The zero-order valence-corrected chi connectivity index (χ0v) is 7.48. The van der Waals surface area contributed by atoms with Crippen LogP contribution in [0, 0.1) is 0 Å². The van der Waals surface area contributed by atoms with Gasteiger partial charge in [0.15, 0.2) is 4.60 Å². The Bertz CT molecular complexity index is 360. The standard InChI is InChI=1S/C6H5BrN2O3/c7-5-6(12)9(2-1-8-5)3-4(10)11/h1-2H,3H2,(H,10,11). The molecule has 0 amide bonds. The minimum Gasteiger partial charge on any atom is -0.480 e. The molecule has 1 aromatic heterocycles. The number of rotatable bonds is 2. The summed E-state index contributed by atoms with van der Waals surface area (Å²) in [7, 11) is 0. The van der Waals surface area contributed by atoms with Crippen LogP contribution in [0.4, 0.5) is 0 Å². The van der Waals surface area contributed by atoms with Crippen molar-refractivity contribution in [2.45, 2.75) is 6.54 Å². The number of carboxylic acids is 1. The Kier molecular flexibility index (Phi) is 2.59. The minimum atomic E-state index is -1.06. The number of nitrogens with zero attached hydrogens (tertiary/aromatic N) is 2. The van der Waals surface area contributed by atoms with Crippen LogP contribution in [0.3, 0.4) is 0 Å². The minimum absolute atomic E-state index is 0.117. The topological polar surface area (TPSA) is 72.2 Å². The maximum atomic E-state index is 11.1. The second kappa shape index (κ2) is 3.48. The number of carbonyl (C=O) groups is 1. The van der Waals surface area contributed by atoms with E-state index in [2.05, 4.69) is 20.9 Å². The second-order valence-electron chi connectivity index (χ2n) is 2.04. The summed E-state index contributed by atoms with van der Waals surface area (Å²) in [5, 5.41) is 8.39. The average molecular weight is 233 g/mol. The van der Waals surface area contributed by atoms with Crippen molar-refractivity contribution in [3.63, 3.8) is 0 Å². The predicted octanol–water partition coefficient (Wildman–Crippen LogP) is 0.0904. The Balaban J connectivity index is 3.09. The highest BCUT2D eigenvalue weighted by molar-refractivity contribution is 9.10. The molecule has 0 spiro atoms. The largest absolute Gasteiger partial charge is 0.480 e. The Morgan fingerprint density at radius 3 is 3.00 bits per heavy atom. The lowest BCUT2D eigenvalue weighted by molar-refractivity contribution is -0.137. The summed E-state index contributed by atoms with van der Waals surface area (Å²) in [5.41, 5.74) is -0.445. The smallest absolute Gasteiger partial charge is 0.323 e. The van der Waals surface area contributed by atoms with Crippen LogP contribution in [0.5, 0.6) is 0 Å². The van der Waals surface area contributed by atoms with Crippen LogP contribution in [0.25, 0.3) is 0 Å². The van der Waals surface area contributed by atoms with Crippen LogP contribution in [0.1, 0.15) is 0 Å². The van der Waals surface area contributed by atoms with Crippen LogP contribution < -0.4 is 5.56 Å². The summed E-state index contributed by atoms with van der Waals surface area (Å²) in [4.78, 5) is 25.0. The van der Waals surface area contributed by atoms with E-state index in [0.29, 0.717) is 0 Å². The first kappa shape index (κ1) is 8.92. The SMILES string of the molecule is O=C(O)Cn1ccnc(Br)c1=O. The molecule has 0 aliphatic carbocycles. The van der Waals surface area contributed by atoms with Gasteiger partial charge in [-0.05, 0) is 15.9 Å². The van der Waals surface area contributed by atoms with Gasteiger partial charge in [0.25, 0.3) is 5.56 Å². The van der Waals surface area contributed by atoms with Gasteiger partial charge in [-0.1, -0.05) is 0 Å². The zero-order chi connectivity index (χ0) is 9.14. The summed E-state index contributed by atoms with van der Waals surface area (Å²) in [6, 6.07) is 0. The fourth-order valence-electron chi connectivity index (χ4n) is 0.691. The molecule has 0 aliphatic rings. The molecule has 0 unspecified atom stereocenters. The molecule has 0 aromatic carbocycles. The third-order valence-corrected chi connectivity index (χ3v) is 1.72. The molecule has 0 saturated heterocycles. The number of hydrogen-bond acceptors (Lipinski definition) is 3. The second-order valence-corrected chi connectivity index (χ2v) is 2.80. The Morgan fingerprint density at radius 2 is 2.42 bits per heavy atom. The molecule has 5 nitrogen and oxygen atoms in total. The van der Waals surface area contributed by atoms with E-state index in [1.165, 1.54) is 12.4 Å². The fraction of sp³-hybridized carbons (Fsp3) is 0.167. The summed E-state index contributed by atoms with van der Waals surface area (Å²) in [6.45, 7) is -0.347. The van der Waals surface area contributed by atoms with Crippen LogP contribution in [0.2, 0.25) is 0 Å². The van der Waals surface area contributed by atoms with Crippen molar-refractivity contribution in [3.05, 3.63) is 27.4 Å². The maximum Gasteiger partial charge on any atom is 0.323 e. The van der Waals surface area contributed by atoms with Gasteiger partial charge in [-0.3, -0.25) is 9.59 Å². The third-order valence-electron chi connectivity index (χ3n) is 1.18. The lowest BCUT2D eigenvalue weighted by Gasteiger charge is -1.99. The molecular weight excluding hydrogens is 228 g/mol. The molecule has 0 radical (unpaired) electrons. The molecule has 0 fully saturated rings. The van der Waals surface area contributed by atoms with Crippen molar-refractivity contribution < 1.29 is 9.90 Å². The number of hydrogen-bond donors (Lipinski definition) is 1. The third kappa shape index (κ3) is 1.91. The maximum absolute atomic E-state index is 11.1. The normalized spacial score (nSPS) is 9.75. The number of aliphatic carboxylic acids is 1. The quantitative estimate of drug-likeness (QED) is 0.785. The van der Waals surface area contributed by atoms with Crippen molar-refractivity contribution in [3.8, 4) is 0 Å². The van der Waals surface area contributed by atoms with E-state index in [4.69, 9.17) is 5.11 Å². The number of aromatic nitrogens is 2. The van der Waals surface area contributed by atoms with Gasteiger partial charge in [0.1, 0.15) is 6.54 Å². The van der Waals surface area contributed by atoms with Crippen molar-refractivity contribution in [2.24, 2.45) is 0 Å². The monoisotopic (exact) mass is 232 g/mol. The highest BCUT2D eigenvalue weighted by atomic mass is 79.9. The van der Waals surface area contributed by atoms with Crippen LogP contribution in [0.15, 0.2) is 21.8 Å². The van der Waals surface area contributed by atoms with E-state index in [-0.39, 0.29) is 11.1 Å². The predicted molar refractivity (Wildman–Crippen MR) is 43.8 cm³/mol. The molecule has 0 saturated carbocycles. The first-order valence-electron chi connectivity index (χ1n) is 3.04. The Labute approximate surface area is 75.8 Å². The van der Waals surface area contributed by atoms with Crippen LogP contribution >= 0.6 is 15.9 Å². The van der Waals surface area contributed by atoms with Gasteiger partial charge in [0.2, 0.25) is 0 Å². The molecule has 12 heavy (non-hydrogen) atoms. The Morgan fingerprint density at radius 1 is 1.75 bits per heavy atom. The van der Waals surface area contributed by atoms with Crippen molar-refractivity contribution in [1.29, 1.82) is 0 Å². The van der Waals surface area contributed by atoms with Crippen molar-refractivity contribution in [2.75, 3.05) is 0 Å². The fourth-order valence-corrected chi connectivity index (χ4v) is 1.04. The molecule has 1 heterocycles. The molecule has 1 rings (SSSR count). The van der Waals surface area contributed by atoms with E-state index in [1.807, 2.05) is 0 Å². The zero-order valence-electron chi connectivity index (χ0n) is 5.90. The molecule has 6 heteroatoms. The van der Waals surface area contributed by atoms with Gasteiger partial charge >= 0.3 is 5.97 Å². The van der Waals surface area contributed by atoms with Crippen molar-refractivity contribution in [1.82, 2.24) is 9.55 Å². The summed E-state index contributed by atoms with van der Waals surface area (Å²) in [6.07, 6.45) is 2.68. The summed E-state index contributed by atoms with van der Waals surface area (Å²) >= 11 is 2.90. The first-order chi connectivity index (χ1) is 5.61. The van der Waals surface area contributed by atoms with Gasteiger partial charge in [0.05, 0.1) is 0 Å². The average Bonchev–Trinajstić information content (AvgIpc) is 1.98. The molecule has 1 N–H and O–H groups in total. The van der Waals surface area contributed by atoms with Gasteiger partial charge < -0.3 is 9.67 Å². The highest BCUT2D eigenvalue weighted by Gasteiger charge is 2.03. The molecule has 0 aliphatic heterocycles. The van der Waals surface area contributed by atoms with Crippen molar-refractivity contribution >= 4 is 21.9 Å². The van der Waals surface area contributed by atoms with E-state index < -0.39 is 11.5 Å². The van der Waals surface area contributed by atoms with Gasteiger partial charge in [-0.2, -0.15) is 0 Å². The highest BCUT2D eigenvalue weighted by Crippen LogP contribution is 1.94. The lowest BCUT2D eigenvalue weighted by Crippen LogP contribution is -2.24. The van der Waals surface area contributed by atoms with Crippen LogP contribution in [-0.2, 0) is 11.3 Å². The van der Waals surface area contributed by atoms with Crippen LogP contribution in [-0.4, -0.2) is 20.6 Å². The molecule has 0 bridgehead atoms. The summed E-state index contributed by atoms with van der Waals surface area (Å²) < 4.78 is 1.17. The molecule has 64 valence electrons. The van der Waals surface area contributed by atoms with E-state index in [9.17, 15) is 9.59 Å². The first-order valence-corrected chi connectivity index (χ1v) is 3.83.